The van der Waals surface area contributed by atoms with Gasteiger partial charge in [-0.15, -0.1) is 11.3 Å². The largest absolute Gasteiger partial charge is 0.465 e. The fraction of sp³-hybridized carbons (Fsp3) is 0.455. The van der Waals surface area contributed by atoms with E-state index in [1.54, 1.807) is 12.1 Å². The molecule has 2 atom stereocenters. The van der Waals surface area contributed by atoms with Crippen LogP contribution in [0.5, 0.6) is 0 Å². The van der Waals surface area contributed by atoms with Crippen molar-refractivity contribution in [3.63, 3.8) is 0 Å². The van der Waals surface area contributed by atoms with E-state index in [0.29, 0.717) is 15.6 Å². The van der Waals surface area contributed by atoms with E-state index >= 15 is 0 Å². The van der Waals surface area contributed by atoms with E-state index in [9.17, 15) is 9.59 Å². The summed E-state index contributed by atoms with van der Waals surface area (Å²) in [5.74, 6) is -0.232. The van der Waals surface area contributed by atoms with Crippen LogP contribution < -0.4 is 11.1 Å². The first-order valence-electron chi connectivity index (χ1n) is 5.77. The average molecular weight is 304 g/mol. The summed E-state index contributed by atoms with van der Waals surface area (Å²) in [6.07, 6.45) is -0.473. The normalized spacial score (nSPS) is 22.5. The van der Waals surface area contributed by atoms with Gasteiger partial charge in [0.05, 0.1) is 9.21 Å². The minimum atomic E-state index is -1.01. The standard InChI is InChI=1S/C11H14ClN3O3S/c12-9-2-1-8(19-9)10(16)14-6-3-7(4-13)15(5-6)11(17)18/h1-2,6-7H,3-5,13H2,(H,14,16)(H,17,18)/t6-,7+/m1/s1. The predicted octanol–water partition coefficient (Wildman–Crippen LogP) is 1.21. The zero-order chi connectivity index (χ0) is 14.0. The van der Waals surface area contributed by atoms with Crippen molar-refractivity contribution >= 4 is 34.9 Å². The number of likely N-dealkylation sites (tertiary alicyclic amines) is 1. The molecule has 1 aromatic heterocycles. The lowest BCUT2D eigenvalue weighted by atomic mass is 10.1. The highest BCUT2D eigenvalue weighted by Gasteiger charge is 2.35. The second kappa shape index (κ2) is 5.77. The van der Waals surface area contributed by atoms with Gasteiger partial charge in [0, 0.05) is 25.2 Å². The van der Waals surface area contributed by atoms with Crippen LogP contribution in [0.1, 0.15) is 16.1 Å². The summed E-state index contributed by atoms with van der Waals surface area (Å²) in [6, 6.07) is 2.85. The van der Waals surface area contributed by atoms with Crippen molar-refractivity contribution in [1.82, 2.24) is 10.2 Å². The van der Waals surface area contributed by atoms with Crippen molar-refractivity contribution in [3.05, 3.63) is 21.3 Å². The maximum atomic E-state index is 11.9. The minimum Gasteiger partial charge on any atom is -0.465 e. The summed E-state index contributed by atoms with van der Waals surface area (Å²) in [6.45, 7) is 0.519. The first kappa shape index (κ1) is 14.1. The topological polar surface area (TPSA) is 95.7 Å². The van der Waals surface area contributed by atoms with E-state index in [4.69, 9.17) is 22.4 Å². The van der Waals surface area contributed by atoms with E-state index < -0.39 is 6.09 Å². The molecule has 2 amide bonds. The summed E-state index contributed by atoms with van der Waals surface area (Å²) in [4.78, 5) is 24.7. The number of hydrogen-bond donors (Lipinski definition) is 3. The highest BCUT2D eigenvalue weighted by atomic mass is 35.5. The van der Waals surface area contributed by atoms with Crippen LogP contribution in [0.25, 0.3) is 0 Å². The molecule has 4 N–H and O–H groups in total. The van der Waals surface area contributed by atoms with Gasteiger partial charge in [0.25, 0.3) is 5.91 Å². The molecule has 0 aliphatic carbocycles. The molecule has 0 bridgehead atoms. The van der Waals surface area contributed by atoms with Gasteiger partial charge in [-0.1, -0.05) is 11.6 Å². The Labute approximate surface area is 119 Å². The number of carboxylic acid groups (broad SMARTS) is 1. The number of nitrogens with two attached hydrogens (primary N) is 1. The van der Waals surface area contributed by atoms with Crippen molar-refractivity contribution in [2.24, 2.45) is 5.73 Å². The van der Waals surface area contributed by atoms with Crippen molar-refractivity contribution in [2.75, 3.05) is 13.1 Å². The Morgan fingerprint density at radius 1 is 1.58 bits per heavy atom. The van der Waals surface area contributed by atoms with Gasteiger partial charge in [-0.2, -0.15) is 0 Å². The van der Waals surface area contributed by atoms with Gasteiger partial charge < -0.3 is 21.1 Å². The Balaban J connectivity index is 1.97. The molecule has 1 aliphatic rings. The molecule has 0 aromatic carbocycles. The van der Waals surface area contributed by atoms with Gasteiger partial charge in [-0.25, -0.2) is 4.79 Å². The van der Waals surface area contributed by atoms with E-state index in [-0.39, 0.29) is 31.1 Å². The van der Waals surface area contributed by atoms with Gasteiger partial charge >= 0.3 is 6.09 Å². The number of nitrogens with zero attached hydrogens (tertiary/aromatic N) is 1. The minimum absolute atomic E-state index is 0.210. The fourth-order valence-corrected chi connectivity index (χ4v) is 3.12. The maximum absolute atomic E-state index is 11.9. The summed E-state index contributed by atoms with van der Waals surface area (Å²) < 4.78 is 0.545. The molecule has 8 heteroatoms. The Bertz CT molecular complexity index is 493. The van der Waals surface area contributed by atoms with Crippen molar-refractivity contribution in [3.8, 4) is 0 Å². The third-order valence-electron chi connectivity index (χ3n) is 3.06. The molecular weight excluding hydrogens is 290 g/mol. The molecule has 1 aliphatic heterocycles. The molecule has 0 radical (unpaired) electrons. The average Bonchev–Trinajstić information content (AvgIpc) is 2.95. The summed E-state index contributed by atoms with van der Waals surface area (Å²) >= 11 is 6.96. The first-order chi connectivity index (χ1) is 9.01. The molecule has 6 nitrogen and oxygen atoms in total. The van der Waals surface area contributed by atoms with E-state index in [0.717, 1.165) is 0 Å². The van der Waals surface area contributed by atoms with Crippen LogP contribution in [0.2, 0.25) is 4.34 Å². The zero-order valence-electron chi connectivity index (χ0n) is 10.0. The summed E-state index contributed by atoms with van der Waals surface area (Å²) in [5.41, 5.74) is 5.54. The lowest BCUT2D eigenvalue weighted by Crippen LogP contribution is -2.40. The van der Waals surface area contributed by atoms with Crippen LogP contribution in [0, 0.1) is 0 Å². The molecule has 104 valence electrons. The van der Waals surface area contributed by atoms with E-state index in [2.05, 4.69) is 5.32 Å². The lowest BCUT2D eigenvalue weighted by Gasteiger charge is -2.18. The number of halogens is 1. The van der Waals surface area contributed by atoms with Crippen LogP contribution in [0.4, 0.5) is 4.79 Å². The highest BCUT2D eigenvalue weighted by molar-refractivity contribution is 7.17. The smallest absolute Gasteiger partial charge is 0.407 e. The van der Waals surface area contributed by atoms with Gasteiger partial charge in [0.15, 0.2) is 0 Å². The van der Waals surface area contributed by atoms with Crippen LogP contribution in [-0.4, -0.2) is 47.2 Å². The number of thiophene rings is 1. The second-order valence-electron chi connectivity index (χ2n) is 4.33. The maximum Gasteiger partial charge on any atom is 0.407 e. The van der Waals surface area contributed by atoms with Crippen molar-refractivity contribution in [2.45, 2.75) is 18.5 Å². The molecule has 1 aromatic rings. The van der Waals surface area contributed by atoms with E-state index in [1.165, 1.54) is 16.2 Å². The monoisotopic (exact) mass is 303 g/mol. The van der Waals surface area contributed by atoms with Crippen molar-refractivity contribution < 1.29 is 14.7 Å². The Hall–Kier alpha value is -1.31. The molecule has 2 rings (SSSR count). The molecular formula is C11H14ClN3O3S. The zero-order valence-corrected chi connectivity index (χ0v) is 11.6. The number of rotatable bonds is 3. The lowest BCUT2D eigenvalue weighted by molar-refractivity contribution is 0.0939. The van der Waals surface area contributed by atoms with Crippen LogP contribution in [-0.2, 0) is 0 Å². The van der Waals surface area contributed by atoms with Crippen LogP contribution in [0.3, 0.4) is 0 Å². The SMILES string of the molecule is NC[C@@H]1C[C@@H](NC(=O)c2ccc(Cl)s2)CN1C(=O)O. The van der Waals surface area contributed by atoms with Crippen molar-refractivity contribution in [1.29, 1.82) is 0 Å². The summed E-state index contributed by atoms with van der Waals surface area (Å²) in [7, 11) is 0. The number of nitrogens with one attached hydrogen (secondary N) is 1. The Morgan fingerprint density at radius 3 is 2.79 bits per heavy atom. The highest BCUT2D eigenvalue weighted by Crippen LogP contribution is 2.22. The van der Waals surface area contributed by atoms with E-state index in [1.807, 2.05) is 0 Å². The van der Waals surface area contributed by atoms with Crippen LogP contribution in [0.15, 0.2) is 12.1 Å². The van der Waals surface area contributed by atoms with Gasteiger partial charge in [0.1, 0.15) is 0 Å². The third kappa shape index (κ3) is 3.17. The quantitative estimate of drug-likeness (QED) is 0.782. The predicted molar refractivity (Wildman–Crippen MR) is 72.8 cm³/mol. The molecule has 0 spiro atoms. The van der Waals surface area contributed by atoms with Gasteiger partial charge in [0.2, 0.25) is 0 Å². The second-order valence-corrected chi connectivity index (χ2v) is 6.05. The molecule has 2 heterocycles. The fourth-order valence-electron chi connectivity index (χ4n) is 2.17. The first-order valence-corrected chi connectivity index (χ1v) is 6.96. The summed E-state index contributed by atoms with van der Waals surface area (Å²) in [5, 5.41) is 11.8. The number of hydrogen-bond acceptors (Lipinski definition) is 4. The number of carbonyl (C=O) groups excluding carboxylic acids is 1. The van der Waals surface area contributed by atoms with Gasteiger partial charge in [-0.3, -0.25) is 4.79 Å². The number of carbonyl (C=O) groups is 2. The molecule has 1 fully saturated rings. The Morgan fingerprint density at radius 2 is 2.32 bits per heavy atom. The molecule has 19 heavy (non-hydrogen) atoms. The third-order valence-corrected chi connectivity index (χ3v) is 4.29. The molecule has 1 saturated heterocycles. The molecule has 0 unspecified atom stereocenters. The molecule has 0 saturated carbocycles. The van der Waals surface area contributed by atoms with Crippen LogP contribution >= 0.6 is 22.9 Å². The Kier molecular flexibility index (Phi) is 4.28. The van der Waals surface area contributed by atoms with Gasteiger partial charge in [-0.05, 0) is 18.6 Å². The number of amides is 2.